The summed E-state index contributed by atoms with van der Waals surface area (Å²) in [5.41, 5.74) is 0. The second-order valence-corrected chi connectivity index (χ2v) is 11.2. The Hall–Kier alpha value is -3.24. The smallest absolute Gasteiger partial charge is 0.135 e. The summed E-state index contributed by atoms with van der Waals surface area (Å²) in [4.78, 5) is 0. The SMILES string of the molecule is c1ccc(Pc2ccccc2Oc2cccc(P(c3ccccc3)c3ccccc3)c2)cc1. The van der Waals surface area contributed by atoms with Gasteiger partial charge in [0.05, 0.1) is 0 Å². The molecule has 0 bridgehead atoms. The van der Waals surface area contributed by atoms with Gasteiger partial charge in [-0.2, -0.15) is 0 Å². The number of para-hydroxylation sites is 1. The molecule has 0 aliphatic carbocycles. The second-order valence-electron chi connectivity index (χ2n) is 7.59. The average Bonchev–Trinajstić information content (AvgIpc) is 2.88. The molecular formula is C30H24OP2. The summed E-state index contributed by atoms with van der Waals surface area (Å²) in [5, 5.41) is 6.47. The molecule has 0 saturated heterocycles. The van der Waals surface area contributed by atoms with Crippen molar-refractivity contribution in [2.45, 2.75) is 0 Å². The molecule has 0 heterocycles. The third-order valence-electron chi connectivity index (χ3n) is 5.27. The molecule has 33 heavy (non-hydrogen) atoms. The molecule has 0 amide bonds. The third-order valence-corrected chi connectivity index (χ3v) is 9.00. The molecule has 0 aliphatic rings. The Bertz CT molecular complexity index is 1270. The van der Waals surface area contributed by atoms with Gasteiger partial charge in [0.2, 0.25) is 0 Å². The van der Waals surface area contributed by atoms with Gasteiger partial charge in [-0.3, -0.25) is 0 Å². The van der Waals surface area contributed by atoms with Crippen LogP contribution in [0.1, 0.15) is 0 Å². The molecule has 3 heteroatoms. The van der Waals surface area contributed by atoms with E-state index in [1.807, 2.05) is 6.07 Å². The van der Waals surface area contributed by atoms with Crippen LogP contribution < -0.4 is 31.3 Å². The van der Waals surface area contributed by atoms with Gasteiger partial charge in [-0.25, -0.2) is 0 Å². The maximum absolute atomic E-state index is 6.46. The molecular weight excluding hydrogens is 438 g/mol. The van der Waals surface area contributed by atoms with Crippen LogP contribution in [-0.4, -0.2) is 0 Å². The van der Waals surface area contributed by atoms with Gasteiger partial charge in [-0.1, -0.05) is 130 Å². The predicted octanol–water partition coefficient (Wildman–Crippen LogP) is 5.87. The van der Waals surface area contributed by atoms with Crippen molar-refractivity contribution in [3.63, 3.8) is 0 Å². The maximum atomic E-state index is 6.46. The molecule has 0 saturated carbocycles. The maximum Gasteiger partial charge on any atom is 0.135 e. The van der Waals surface area contributed by atoms with Gasteiger partial charge < -0.3 is 4.74 Å². The van der Waals surface area contributed by atoms with E-state index in [0.29, 0.717) is 8.58 Å². The first kappa shape index (κ1) is 21.6. The summed E-state index contributed by atoms with van der Waals surface area (Å²) < 4.78 is 6.46. The number of hydrogen-bond acceptors (Lipinski definition) is 1. The number of rotatable bonds is 7. The van der Waals surface area contributed by atoms with Crippen LogP contribution in [0.4, 0.5) is 0 Å². The summed E-state index contributed by atoms with van der Waals surface area (Å²) in [6, 6.07) is 49.0. The fourth-order valence-electron chi connectivity index (χ4n) is 3.75. The minimum atomic E-state index is -0.662. The summed E-state index contributed by atoms with van der Waals surface area (Å²) in [6.07, 6.45) is 0. The highest BCUT2D eigenvalue weighted by molar-refractivity contribution is 7.79. The van der Waals surface area contributed by atoms with E-state index >= 15 is 0 Å². The monoisotopic (exact) mass is 462 g/mol. The third kappa shape index (κ3) is 5.40. The van der Waals surface area contributed by atoms with Crippen molar-refractivity contribution in [1.29, 1.82) is 0 Å². The summed E-state index contributed by atoms with van der Waals surface area (Å²) in [7, 11) is -0.109. The van der Waals surface area contributed by atoms with Crippen molar-refractivity contribution in [3.05, 3.63) is 140 Å². The van der Waals surface area contributed by atoms with E-state index in [1.165, 1.54) is 26.5 Å². The Morgan fingerprint density at radius 3 is 1.70 bits per heavy atom. The zero-order valence-corrected chi connectivity index (χ0v) is 20.0. The van der Waals surface area contributed by atoms with Gasteiger partial charge in [-0.05, 0) is 47.3 Å². The molecule has 0 radical (unpaired) electrons. The van der Waals surface area contributed by atoms with E-state index in [4.69, 9.17) is 4.74 Å². The van der Waals surface area contributed by atoms with E-state index in [1.54, 1.807) is 0 Å². The Balaban J connectivity index is 1.47. The minimum absolute atomic E-state index is 0.554. The first-order valence-electron chi connectivity index (χ1n) is 11.0. The summed E-state index contributed by atoms with van der Waals surface area (Å²) in [6.45, 7) is 0. The van der Waals surface area contributed by atoms with Crippen LogP contribution in [0, 0.1) is 0 Å². The van der Waals surface area contributed by atoms with Crippen molar-refractivity contribution in [2.75, 3.05) is 0 Å². The van der Waals surface area contributed by atoms with Crippen molar-refractivity contribution in [3.8, 4) is 11.5 Å². The Kier molecular flexibility index (Phi) is 6.93. The van der Waals surface area contributed by atoms with Gasteiger partial charge in [0.1, 0.15) is 11.5 Å². The standard InChI is InChI=1S/C30H24OP2/c1-4-14-25(15-5-1)32-30-22-11-10-21-29(30)31-24-13-12-20-28(23-24)33(26-16-6-2-7-17-26)27-18-8-3-9-19-27/h1-23,32H. The van der Waals surface area contributed by atoms with Crippen LogP contribution in [0.25, 0.3) is 0 Å². The van der Waals surface area contributed by atoms with E-state index in [2.05, 4.69) is 133 Å². The Morgan fingerprint density at radius 2 is 1.03 bits per heavy atom. The topological polar surface area (TPSA) is 9.23 Å². The molecule has 0 aromatic heterocycles. The average molecular weight is 462 g/mol. The zero-order chi connectivity index (χ0) is 22.3. The number of benzene rings is 5. The van der Waals surface area contributed by atoms with Crippen LogP contribution in [0.15, 0.2) is 140 Å². The van der Waals surface area contributed by atoms with Crippen LogP contribution in [-0.2, 0) is 0 Å². The molecule has 0 fully saturated rings. The molecule has 5 rings (SSSR count). The predicted molar refractivity (Wildman–Crippen MR) is 146 cm³/mol. The second kappa shape index (κ2) is 10.6. The normalized spacial score (nSPS) is 11.2. The zero-order valence-electron chi connectivity index (χ0n) is 18.1. The van der Waals surface area contributed by atoms with Gasteiger partial charge >= 0.3 is 0 Å². The van der Waals surface area contributed by atoms with E-state index in [-0.39, 0.29) is 0 Å². The molecule has 0 N–H and O–H groups in total. The lowest BCUT2D eigenvalue weighted by Crippen LogP contribution is -2.20. The molecule has 1 unspecified atom stereocenters. The highest BCUT2D eigenvalue weighted by Crippen LogP contribution is 2.34. The van der Waals surface area contributed by atoms with Crippen molar-refractivity contribution < 1.29 is 4.74 Å². The summed E-state index contributed by atoms with van der Waals surface area (Å²) in [5.74, 6) is 1.79. The Morgan fingerprint density at radius 1 is 0.485 bits per heavy atom. The molecule has 5 aromatic carbocycles. The van der Waals surface area contributed by atoms with Crippen LogP contribution >= 0.6 is 16.5 Å². The minimum Gasteiger partial charge on any atom is -0.457 e. The molecule has 5 aromatic rings. The summed E-state index contributed by atoms with van der Waals surface area (Å²) >= 11 is 0. The first-order chi connectivity index (χ1) is 16.4. The largest absolute Gasteiger partial charge is 0.457 e. The van der Waals surface area contributed by atoms with Crippen LogP contribution in [0.5, 0.6) is 11.5 Å². The van der Waals surface area contributed by atoms with Crippen molar-refractivity contribution in [1.82, 2.24) is 0 Å². The van der Waals surface area contributed by atoms with Crippen molar-refractivity contribution >= 4 is 43.0 Å². The van der Waals surface area contributed by atoms with Gasteiger partial charge in [-0.15, -0.1) is 0 Å². The molecule has 0 aliphatic heterocycles. The molecule has 160 valence electrons. The van der Waals surface area contributed by atoms with Crippen LogP contribution in [0.2, 0.25) is 0 Å². The Labute approximate surface area is 198 Å². The fraction of sp³-hybridized carbons (Fsp3) is 0. The van der Waals surface area contributed by atoms with Gasteiger partial charge in [0.25, 0.3) is 0 Å². The lowest BCUT2D eigenvalue weighted by Gasteiger charge is -2.20. The van der Waals surface area contributed by atoms with Gasteiger partial charge in [0.15, 0.2) is 0 Å². The van der Waals surface area contributed by atoms with E-state index < -0.39 is 7.92 Å². The quantitative estimate of drug-likeness (QED) is 0.275. The molecule has 1 nitrogen and oxygen atoms in total. The number of ether oxygens (including phenoxy) is 1. The van der Waals surface area contributed by atoms with Crippen LogP contribution in [0.3, 0.4) is 0 Å². The lowest BCUT2D eigenvalue weighted by atomic mass is 10.3. The molecule has 1 atom stereocenters. The molecule has 0 spiro atoms. The number of hydrogen-bond donors (Lipinski definition) is 0. The fourth-order valence-corrected chi connectivity index (χ4v) is 7.18. The van der Waals surface area contributed by atoms with E-state index in [9.17, 15) is 0 Å². The highest BCUT2D eigenvalue weighted by atomic mass is 31.1. The van der Waals surface area contributed by atoms with Gasteiger partial charge in [0, 0.05) is 5.30 Å². The van der Waals surface area contributed by atoms with Crippen molar-refractivity contribution in [2.24, 2.45) is 0 Å². The first-order valence-corrected chi connectivity index (χ1v) is 13.3. The lowest BCUT2D eigenvalue weighted by molar-refractivity contribution is 0.487. The highest BCUT2D eigenvalue weighted by Gasteiger charge is 2.17. The van der Waals surface area contributed by atoms with E-state index in [0.717, 1.165) is 11.5 Å².